The van der Waals surface area contributed by atoms with Gasteiger partial charge in [-0.3, -0.25) is 10.1 Å². The normalized spacial score (nSPS) is 17.9. The molecular weight excluding hydrogens is 414 g/mol. The number of sulfone groups is 1. The van der Waals surface area contributed by atoms with Crippen LogP contribution in [0.2, 0.25) is 0 Å². The minimum absolute atomic E-state index is 0.167. The number of anilines is 1. The summed E-state index contributed by atoms with van der Waals surface area (Å²) >= 11 is 0. The van der Waals surface area contributed by atoms with Gasteiger partial charge in [-0.05, 0) is 42.3 Å². The number of rotatable bonds is 6. The van der Waals surface area contributed by atoms with E-state index < -0.39 is 20.6 Å². The van der Waals surface area contributed by atoms with E-state index in [-0.39, 0.29) is 4.90 Å². The van der Waals surface area contributed by atoms with Crippen LogP contribution in [0.5, 0.6) is 0 Å². The number of H-pyrrole nitrogens is 1. The molecule has 4 rings (SSSR count). The molecule has 0 saturated carbocycles. The number of nitrogens with one attached hydrogen (secondary N) is 3. The van der Waals surface area contributed by atoms with Crippen LogP contribution in [-0.4, -0.2) is 29.6 Å². The Labute approximate surface area is 180 Å². The van der Waals surface area contributed by atoms with Gasteiger partial charge in [0.05, 0.1) is 11.1 Å². The average Bonchev–Trinajstić information content (AvgIpc) is 3.33. The van der Waals surface area contributed by atoms with Crippen molar-refractivity contribution in [1.29, 1.82) is 0 Å². The van der Waals surface area contributed by atoms with Crippen molar-refractivity contribution in [1.82, 2.24) is 20.5 Å². The van der Waals surface area contributed by atoms with Crippen LogP contribution >= 0.6 is 0 Å². The molecule has 2 amide bonds. The maximum Gasteiger partial charge on any atom is 0.319 e. The second-order valence-electron chi connectivity index (χ2n) is 7.06. The number of carbonyl (C=O) groups is 1. The van der Waals surface area contributed by atoms with E-state index in [0.29, 0.717) is 24.2 Å². The van der Waals surface area contributed by atoms with E-state index in [2.05, 4.69) is 25.8 Å². The lowest BCUT2D eigenvalue weighted by Gasteiger charge is -2.31. The summed E-state index contributed by atoms with van der Waals surface area (Å²) < 4.78 is 26.1. The Balaban J connectivity index is 1.54. The van der Waals surface area contributed by atoms with Crippen molar-refractivity contribution in [2.45, 2.75) is 22.6 Å². The molecule has 0 aliphatic heterocycles. The first-order valence-electron chi connectivity index (χ1n) is 9.63. The molecule has 0 fully saturated rings. The van der Waals surface area contributed by atoms with E-state index in [0.717, 1.165) is 5.56 Å². The molecule has 0 bridgehead atoms. The SMILES string of the molecule is O=C(NCc1cn[nH]c1)Nc1ccc(S(=O)(=O)C2(c3cccnc3)C=CC=CC2)cc1. The van der Waals surface area contributed by atoms with E-state index >= 15 is 0 Å². The summed E-state index contributed by atoms with van der Waals surface area (Å²) in [4.78, 5) is 16.4. The highest BCUT2D eigenvalue weighted by Gasteiger charge is 2.44. The Morgan fingerprint density at radius 3 is 2.61 bits per heavy atom. The predicted molar refractivity (Wildman–Crippen MR) is 117 cm³/mol. The second-order valence-corrected chi connectivity index (χ2v) is 9.27. The Bertz CT molecular complexity index is 1200. The molecule has 1 aliphatic carbocycles. The zero-order chi connectivity index (χ0) is 21.7. The number of aromatic nitrogens is 3. The van der Waals surface area contributed by atoms with Crippen LogP contribution < -0.4 is 10.6 Å². The molecule has 2 aromatic heterocycles. The van der Waals surface area contributed by atoms with Gasteiger partial charge in [0, 0.05) is 36.4 Å². The topological polar surface area (TPSA) is 117 Å². The lowest BCUT2D eigenvalue weighted by Crippen LogP contribution is -2.34. The van der Waals surface area contributed by atoms with Gasteiger partial charge in [0.25, 0.3) is 0 Å². The molecule has 3 aromatic rings. The monoisotopic (exact) mass is 435 g/mol. The number of urea groups is 1. The largest absolute Gasteiger partial charge is 0.334 e. The molecule has 1 aliphatic rings. The lowest BCUT2D eigenvalue weighted by molar-refractivity contribution is 0.251. The number of pyridine rings is 1. The first-order valence-corrected chi connectivity index (χ1v) is 11.1. The van der Waals surface area contributed by atoms with E-state index in [9.17, 15) is 13.2 Å². The fourth-order valence-electron chi connectivity index (χ4n) is 3.44. The highest BCUT2D eigenvalue weighted by Crippen LogP contribution is 2.41. The van der Waals surface area contributed by atoms with Crippen molar-refractivity contribution < 1.29 is 13.2 Å². The molecule has 9 heteroatoms. The third-order valence-corrected chi connectivity index (χ3v) is 7.48. The molecule has 158 valence electrons. The highest BCUT2D eigenvalue weighted by molar-refractivity contribution is 7.92. The number of allylic oxidation sites excluding steroid dienone is 3. The van der Waals surface area contributed by atoms with Gasteiger partial charge in [0.2, 0.25) is 0 Å². The summed E-state index contributed by atoms with van der Waals surface area (Å²) in [5.41, 5.74) is 1.93. The summed E-state index contributed by atoms with van der Waals surface area (Å²) in [6.45, 7) is 0.322. The summed E-state index contributed by atoms with van der Waals surface area (Å²) in [6.07, 6.45) is 13.9. The first-order chi connectivity index (χ1) is 15.0. The Kier molecular flexibility index (Phi) is 5.68. The van der Waals surface area contributed by atoms with Crippen LogP contribution in [0.1, 0.15) is 17.5 Å². The lowest BCUT2D eigenvalue weighted by atomic mass is 9.93. The molecule has 0 radical (unpaired) electrons. The summed E-state index contributed by atoms with van der Waals surface area (Å²) in [7, 11) is -3.78. The van der Waals surface area contributed by atoms with Gasteiger partial charge in [-0.2, -0.15) is 5.10 Å². The van der Waals surface area contributed by atoms with Crippen molar-refractivity contribution in [3.8, 4) is 0 Å². The number of benzene rings is 1. The third-order valence-electron chi connectivity index (χ3n) is 5.09. The Morgan fingerprint density at radius 2 is 1.97 bits per heavy atom. The fraction of sp³-hybridized carbons (Fsp3) is 0.136. The van der Waals surface area contributed by atoms with Gasteiger partial charge in [0.1, 0.15) is 4.75 Å². The zero-order valence-electron chi connectivity index (χ0n) is 16.5. The quantitative estimate of drug-likeness (QED) is 0.549. The minimum atomic E-state index is -3.78. The molecule has 0 spiro atoms. The van der Waals surface area contributed by atoms with Gasteiger partial charge in [-0.25, -0.2) is 13.2 Å². The van der Waals surface area contributed by atoms with Crippen LogP contribution in [0.4, 0.5) is 10.5 Å². The molecule has 1 atom stereocenters. The van der Waals surface area contributed by atoms with Crippen molar-refractivity contribution in [2.75, 3.05) is 5.32 Å². The summed E-state index contributed by atoms with van der Waals surface area (Å²) in [5, 5.41) is 11.9. The molecule has 8 nitrogen and oxygen atoms in total. The van der Waals surface area contributed by atoms with E-state index in [1.165, 1.54) is 12.1 Å². The maximum atomic E-state index is 13.7. The molecule has 31 heavy (non-hydrogen) atoms. The van der Waals surface area contributed by atoms with Gasteiger partial charge < -0.3 is 10.6 Å². The summed E-state index contributed by atoms with van der Waals surface area (Å²) in [5.74, 6) is 0. The van der Waals surface area contributed by atoms with Gasteiger partial charge >= 0.3 is 6.03 Å². The third kappa shape index (κ3) is 4.13. The average molecular weight is 436 g/mol. The van der Waals surface area contributed by atoms with Crippen LogP contribution in [0.25, 0.3) is 0 Å². The molecule has 3 N–H and O–H groups in total. The van der Waals surface area contributed by atoms with E-state index in [4.69, 9.17) is 0 Å². The predicted octanol–water partition coefficient (Wildman–Crippen LogP) is 3.31. The van der Waals surface area contributed by atoms with E-state index in [1.54, 1.807) is 61.2 Å². The van der Waals surface area contributed by atoms with Crippen molar-refractivity contribution in [3.63, 3.8) is 0 Å². The van der Waals surface area contributed by atoms with Crippen LogP contribution in [0, 0.1) is 0 Å². The van der Waals surface area contributed by atoms with Gasteiger partial charge in [-0.1, -0.05) is 30.4 Å². The maximum absolute atomic E-state index is 13.7. The molecular formula is C22H21N5O3S. The fourth-order valence-corrected chi connectivity index (χ4v) is 5.36. The molecule has 2 heterocycles. The molecule has 1 aromatic carbocycles. The number of amides is 2. The van der Waals surface area contributed by atoms with Gasteiger partial charge in [0.15, 0.2) is 9.84 Å². The van der Waals surface area contributed by atoms with Crippen molar-refractivity contribution in [2.24, 2.45) is 0 Å². The van der Waals surface area contributed by atoms with Crippen molar-refractivity contribution in [3.05, 3.63) is 96.6 Å². The number of aromatic amines is 1. The van der Waals surface area contributed by atoms with Crippen LogP contribution in [-0.2, 0) is 21.1 Å². The number of nitrogens with zero attached hydrogens (tertiary/aromatic N) is 2. The Morgan fingerprint density at radius 1 is 1.13 bits per heavy atom. The number of hydrogen-bond donors (Lipinski definition) is 3. The van der Waals surface area contributed by atoms with Crippen LogP contribution in [0.3, 0.4) is 0 Å². The number of hydrogen-bond acceptors (Lipinski definition) is 5. The van der Waals surface area contributed by atoms with Crippen LogP contribution in [0.15, 0.2) is 90.4 Å². The van der Waals surface area contributed by atoms with E-state index in [1.807, 2.05) is 12.2 Å². The zero-order valence-corrected chi connectivity index (χ0v) is 17.3. The minimum Gasteiger partial charge on any atom is -0.334 e. The van der Waals surface area contributed by atoms with Gasteiger partial charge in [-0.15, -0.1) is 0 Å². The Hall–Kier alpha value is -3.72. The second kappa shape index (κ2) is 8.57. The summed E-state index contributed by atoms with van der Waals surface area (Å²) in [6, 6.07) is 9.26. The molecule has 0 saturated heterocycles. The van der Waals surface area contributed by atoms with Crippen molar-refractivity contribution >= 4 is 21.6 Å². The first kappa shape index (κ1) is 20.5. The number of carbonyl (C=O) groups excluding carboxylic acids is 1. The molecule has 1 unspecified atom stereocenters. The standard InChI is InChI=1S/C22H21N5O3S/c28-21(24-13-17-14-25-26-15-17)27-19-6-8-20(9-7-19)31(29,30)22(10-2-1-3-11-22)18-5-4-12-23-16-18/h1-10,12,14-16H,11,13H2,(H,25,26)(H2,24,27,28). The highest BCUT2D eigenvalue weighted by atomic mass is 32.2. The smallest absolute Gasteiger partial charge is 0.319 e.